The predicted molar refractivity (Wildman–Crippen MR) is 75.6 cm³/mol. The molecule has 8 heteroatoms. The van der Waals surface area contributed by atoms with Gasteiger partial charge < -0.3 is 4.90 Å². The Morgan fingerprint density at radius 3 is 2.43 bits per heavy atom. The minimum atomic E-state index is -4.58. The zero-order valence-electron chi connectivity index (χ0n) is 10.8. The molecule has 0 atom stereocenters. The molecule has 2 rings (SSSR count). The highest BCUT2D eigenvalue weighted by Gasteiger charge is 2.34. The normalized spacial score (nSPS) is 11.5. The van der Waals surface area contributed by atoms with Gasteiger partial charge in [0.05, 0.1) is 0 Å². The summed E-state index contributed by atoms with van der Waals surface area (Å²) in [7, 11) is 1.60. The lowest BCUT2D eigenvalue weighted by atomic mass is 10.2. The zero-order chi connectivity index (χ0) is 15.6. The van der Waals surface area contributed by atoms with E-state index in [1.54, 1.807) is 31.3 Å². The summed E-state index contributed by atoms with van der Waals surface area (Å²) in [5.41, 5.74) is -0.312. The minimum absolute atomic E-state index is 0.0715. The van der Waals surface area contributed by atoms with Gasteiger partial charge in [0.25, 0.3) is 0 Å². The first kappa shape index (κ1) is 15.9. The maximum atomic E-state index is 12.7. The third-order valence-corrected chi connectivity index (χ3v) is 3.27. The molecule has 2 aromatic rings. The summed E-state index contributed by atoms with van der Waals surface area (Å²) in [5.74, 6) is 0.0715. The molecule has 1 heterocycles. The van der Waals surface area contributed by atoms with Crippen LogP contribution in [0.5, 0.6) is 0 Å². The van der Waals surface area contributed by atoms with Crippen LogP contribution in [0.4, 0.5) is 19.0 Å². The number of benzene rings is 1. The van der Waals surface area contributed by atoms with E-state index < -0.39 is 17.2 Å². The van der Waals surface area contributed by atoms with Gasteiger partial charge in [0, 0.05) is 24.7 Å². The van der Waals surface area contributed by atoms with Crippen molar-refractivity contribution in [3.63, 3.8) is 0 Å². The third-order valence-electron chi connectivity index (χ3n) is 2.73. The number of hydrogen-bond acceptors (Lipinski definition) is 3. The van der Waals surface area contributed by atoms with E-state index in [9.17, 15) is 13.2 Å². The quantitative estimate of drug-likeness (QED) is 0.776. The fourth-order valence-corrected chi connectivity index (χ4v) is 2.08. The maximum Gasteiger partial charge on any atom is 0.433 e. The van der Waals surface area contributed by atoms with Gasteiger partial charge in [-0.1, -0.05) is 29.8 Å². The van der Waals surface area contributed by atoms with E-state index in [4.69, 9.17) is 23.2 Å². The van der Waals surface area contributed by atoms with Crippen molar-refractivity contribution in [1.82, 2.24) is 9.97 Å². The largest absolute Gasteiger partial charge is 0.433 e. The summed E-state index contributed by atoms with van der Waals surface area (Å²) in [5, 5.41) is 0.0754. The summed E-state index contributed by atoms with van der Waals surface area (Å²) >= 11 is 11.6. The molecular formula is C13H10Cl2F3N3. The summed E-state index contributed by atoms with van der Waals surface area (Å²) in [6.07, 6.45) is -4.58. The lowest BCUT2D eigenvalue weighted by Crippen LogP contribution is -2.20. The number of halogens is 5. The molecule has 112 valence electrons. The summed E-state index contributed by atoms with van der Waals surface area (Å²) in [6, 6.07) is 7.91. The number of rotatable bonds is 3. The maximum absolute atomic E-state index is 12.7. The van der Waals surface area contributed by atoms with Crippen LogP contribution in [0, 0.1) is 0 Å². The molecule has 1 aromatic heterocycles. The first-order valence-corrected chi connectivity index (χ1v) is 6.59. The topological polar surface area (TPSA) is 29.0 Å². The molecule has 0 radical (unpaired) electrons. The highest BCUT2D eigenvalue weighted by molar-refractivity contribution is 6.31. The Balaban J connectivity index is 2.29. The third kappa shape index (κ3) is 3.98. The van der Waals surface area contributed by atoms with Gasteiger partial charge >= 0.3 is 6.18 Å². The van der Waals surface area contributed by atoms with Gasteiger partial charge in [0.1, 0.15) is 5.82 Å². The first-order chi connectivity index (χ1) is 9.77. The van der Waals surface area contributed by atoms with Gasteiger partial charge in [-0.25, -0.2) is 9.97 Å². The molecule has 0 saturated carbocycles. The average Bonchev–Trinajstić information content (AvgIpc) is 2.39. The number of anilines is 1. The molecule has 0 saturated heterocycles. The van der Waals surface area contributed by atoms with Gasteiger partial charge in [0.2, 0.25) is 5.28 Å². The molecular weight excluding hydrogens is 326 g/mol. The second-order valence-electron chi connectivity index (χ2n) is 4.33. The van der Waals surface area contributed by atoms with Gasteiger partial charge in [-0.3, -0.25) is 0 Å². The molecule has 0 unspecified atom stereocenters. The van der Waals surface area contributed by atoms with Crippen LogP contribution >= 0.6 is 23.2 Å². The molecule has 1 aromatic carbocycles. The Morgan fingerprint density at radius 2 is 1.81 bits per heavy atom. The molecule has 21 heavy (non-hydrogen) atoms. The van der Waals surface area contributed by atoms with E-state index in [2.05, 4.69) is 9.97 Å². The van der Waals surface area contributed by atoms with Crippen molar-refractivity contribution < 1.29 is 13.2 Å². The van der Waals surface area contributed by atoms with Crippen LogP contribution in [0.15, 0.2) is 30.3 Å². The fraction of sp³-hybridized carbons (Fsp3) is 0.231. The van der Waals surface area contributed by atoms with Crippen LogP contribution in [-0.2, 0) is 12.7 Å². The van der Waals surface area contributed by atoms with Gasteiger partial charge in [-0.05, 0) is 23.2 Å². The number of nitrogens with zero attached hydrogens (tertiary/aromatic N) is 3. The van der Waals surface area contributed by atoms with Crippen molar-refractivity contribution in [1.29, 1.82) is 0 Å². The van der Waals surface area contributed by atoms with Crippen molar-refractivity contribution in [3.8, 4) is 0 Å². The highest BCUT2D eigenvalue weighted by Crippen LogP contribution is 2.30. The van der Waals surface area contributed by atoms with E-state index in [1.165, 1.54) is 4.90 Å². The molecule has 0 spiro atoms. The Labute approximate surface area is 129 Å². The molecule has 0 aliphatic carbocycles. The number of hydrogen-bond donors (Lipinski definition) is 0. The van der Waals surface area contributed by atoms with Gasteiger partial charge in [0.15, 0.2) is 5.69 Å². The minimum Gasteiger partial charge on any atom is -0.355 e. The van der Waals surface area contributed by atoms with Crippen molar-refractivity contribution in [2.75, 3.05) is 11.9 Å². The molecule has 0 aliphatic heterocycles. The Hall–Kier alpha value is -1.53. The predicted octanol–water partition coefficient (Wildman–Crippen LogP) is 4.44. The van der Waals surface area contributed by atoms with E-state index in [-0.39, 0.29) is 5.82 Å². The summed E-state index contributed by atoms with van der Waals surface area (Å²) in [4.78, 5) is 8.52. The molecule has 0 N–H and O–H groups in total. The fourth-order valence-electron chi connectivity index (χ4n) is 1.71. The van der Waals surface area contributed by atoms with Crippen LogP contribution in [-0.4, -0.2) is 17.0 Å². The van der Waals surface area contributed by atoms with Crippen LogP contribution < -0.4 is 4.90 Å². The summed E-state index contributed by atoms with van der Waals surface area (Å²) in [6.45, 7) is 0.296. The second-order valence-corrected chi connectivity index (χ2v) is 5.07. The van der Waals surface area contributed by atoms with Crippen molar-refractivity contribution in [3.05, 3.63) is 51.9 Å². The smallest absolute Gasteiger partial charge is 0.355 e. The lowest BCUT2D eigenvalue weighted by molar-refractivity contribution is -0.141. The van der Waals surface area contributed by atoms with Gasteiger partial charge in [-0.15, -0.1) is 0 Å². The van der Waals surface area contributed by atoms with E-state index in [1.807, 2.05) is 0 Å². The van der Waals surface area contributed by atoms with Crippen LogP contribution in [0.1, 0.15) is 11.3 Å². The lowest BCUT2D eigenvalue weighted by Gasteiger charge is -2.20. The van der Waals surface area contributed by atoms with E-state index in [0.29, 0.717) is 11.6 Å². The number of aromatic nitrogens is 2. The molecule has 0 aliphatic rings. The highest BCUT2D eigenvalue weighted by atomic mass is 35.5. The molecule has 0 fully saturated rings. The standard InChI is InChI=1S/C13H10Cl2F3N3/c1-21(7-8-4-2-3-5-9(8)14)11-6-10(13(16,17)18)19-12(15)20-11/h2-6H,7H2,1H3. The average molecular weight is 336 g/mol. The monoisotopic (exact) mass is 335 g/mol. The van der Waals surface area contributed by atoms with Crippen molar-refractivity contribution in [2.24, 2.45) is 0 Å². The zero-order valence-corrected chi connectivity index (χ0v) is 12.3. The Kier molecular flexibility index (Phi) is 4.58. The molecule has 0 amide bonds. The Bertz CT molecular complexity index is 647. The second kappa shape index (κ2) is 6.07. The van der Waals surface area contributed by atoms with Crippen LogP contribution in [0.25, 0.3) is 0 Å². The van der Waals surface area contributed by atoms with Crippen LogP contribution in [0.3, 0.4) is 0 Å². The van der Waals surface area contributed by atoms with Gasteiger partial charge in [-0.2, -0.15) is 13.2 Å². The summed E-state index contributed by atoms with van der Waals surface area (Å²) < 4.78 is 38.1. The SMILES string of the molecule is CN(Cc1ccccc1Cl)c1cc(C(F)(F)F)nc(Cl)n1. The van der Waals surface area contributed by atoms with Crippen LogP contribution in [0.2, 0.25) is 10.3 Å². The molecule has 0 bridgehead atoms. The van der Waals surface area contributed by atoms with E-state index in [0.717, 1.165) is 11.6 Å². The number of alkyl halides is 3. The Morgan fingerprint density at radius 1 is 1.14 bits per heavy atom. The van der Waals surface area contributed by atoms with E-state index >= 15 is 0 Å². The molecule has 3 nitrogen and oxygen atoms in total. The first-order valence-electron chi connectivity index (χ1n) is 5.83. The van der Waals surface area contributed by atoms with Crippen molar-refractivity contribution in [2.45, 2.75) is 12.7 Å². The van der Waals surface area contributed by atoms with Crippen molar-refractivity contribution >= 4 is 29.0 Å².